The van der Waals surface area contributed by atoms with Crippen LogP contribution in [0.3, 0.4) is 0 Å². The molecule has 4 rings (SSSR count). The molecule has 0 aliphatic heterocycles. The number of ether oxygens (including phenoxy) is 3. The normalized spacial score (nSPS) is 10.8. The number of rotatable bonds is 14. The maximum Gasteiger partial charge on any atom is 0.234 e. The van der Waals surface area contributed by atoms with Gasteiger partial charge >= 0.3 is 0 Å². The molecule has 8 nitrogen and oxygen atoms in total. The molecule has 210 valence electrons. The molecule has 1 N–H and O–H groups in total. The van der Waals surface area contributed by atoms with Crippen molar-refractivity contribution in [3.05, 3.63) is 77.3 Å². The molecule has 0 saturated carbocycles. The van der Waals surface area contributed by atoms with E-state index in [-0.39, 0.29) is 11.7 Å². The summed E-state index contributed by atoms with van der Waals surface area (Å²) in [5, 5.41) is 13.2. The van der Waals surface area contributed by atoms with Crippen molar-refractivity contribution in [2.75, 3.05) is 30.9 Å². The number of aromatic nitrogens is 3. The van der Waals surface area contributed by atoms with Crippen molar-refractivity contribution < 1.29 is 19.0 Å². The SMILES string of the molecule is CCOc1cc(-c2nnc(SCC(=O)Nc3ccc(Cl)cc3)n2CCc2ccccc2)cc(OCC)c1OCC. The largest absolute Gasteiger partial charge is 0.490 e. The molecule has 1 aromatic heterocycles. The summed E-state index contributed by atoms with van der Waals surface area (Å²) in [6.07, 6.45) is 0.768. The molecule has 0 saturated heterocycles. The van der Waals surface area contributed by atoms with Gasteiger partial charge in [-0.25, -0.2) is 0 Å². The summed E-state index contributed by atoms with van der Waals surface area (Å²) < 4.78 is 19.8. The number of amides is 1. The highest BCUT2D eigenvalue weighted by atomic mass is 35.5. The number of nitrogens with one attached hydrogen (secondary N) is 1. The summed E-state index contributed by atoms with van der Waals surface area (Å²) in [5.74, 6) is 2.41. The third kappa shape index (κ3) is 7.70. The van der Waals surface area contributed by atoms with E-state index < -0.39 is 0 Å². The minimum Gasteiger partial charge on any atom is -0.490 e. The fraction of sp³-hybridized carbons (Fsp3) is 0.300. The maximum atomic E-state index is 12.7. The van der Waals surface area contributed by atoms with Gasteiger partial charge < -0.3 is 24.1 Å². The van der Waals surface area contributed by atoms with Crippen molar-refractivity contribution in [1.82, 2.24) is 14.8 Å². The van der Waals surface area contributed by atoms with E-state index in [9.17, 15) is 4.79 Å². The Morgan fingerprint density at radius 3 is 2.17 bits per heavy atom. The van der Waals surface area contributed by atoms with E-state index in [2.05, 4.69) is 27.6 Å². The summed E-state index contributed by atoms with van der Waals surface area (Å²) in [6, 6.07) is 21.0. The van der Waals surface area contributed by atoms with Gasteiger partial charge in [-0.1, -0.05) is 53.7 Å². The molecule has 40 heavy (non-hydrogen) atoms. The topological polar surface area (TPSA) is 87.5 Å². The summed E-state index contributed by atoms with van der Waals surface area (Å²) in [6.45, 7) is 7.82. The van der Waals surface area contributed by atoms with Gasteiger partial charge in [0, 0.05) is 22.8 Å². The second-order valence-corrected chi connectivity index (χ2v) is 10.0. The van der Waals surface area contributed by atoms with Gasteiger partial charge in [-0.3, -0.25) is 4.79 Å². The Balaban J connectivity index is 1.64. The molecule has 0 atom stereocenters. The van der Waals surface area contributed by atoms with E-state index in [0.29, 0.717) is 65.3 Å². The van der Waals surface area contributed by atoms with Crippen LogP contribution in [0.15, 0.2) is 71.9 Å². The smallest absolute Gasteiger partial charge is 0.234 e. The number of aryl methyl sites for hydroxylation is 1. The molecule has 1 heterocycles. The predicted molar refractivity (Wildman–Crippen MR) is 160 cm³/mol. The zero-order valence-electron chi connectivity index (χ0n) is 22.9. The first kappa shape index (κ1) is 29.3. The zero-order chi connectivity index (χ0) is 28.3. The number of hydrogen-bond acceptors (Lipinski definition) is 7. The standard InChI is InChI=1S/C30H33ClN4O4S/c1-4-37-25-18-22(19-26(38-5-2)28(25)39-6-3)29-33-34-30(35(29)17-16-21-10-8-7-9-11-21)40-20-27(36)32-24-14-12-23(31)13-15-24/h7-15,18-19H,4-6,16-17,20H2,1-3H3,(H,32,36). The van der Waals surface area contributed by atoms with Gasteiger partial charge in [0.2, 0.25) is 11.7 Å². The van der Waals surface area contributed by atoms with Crippen LogP contribution in [0.25, 0.3) is 11.4 Å². The van der Waals surface area contributed by atoms with Crippen LogP contribution in [0, 0.1) is 0 Å². The van der Waals surface area contributed by atoms with Crippen LogP contribution in [-0.4, -0.2) is 46.2 Å². The third-order valence-corrected chi connectivity index (χ3v) is 7.03. The molecule has 0 aliphatic rings. The predicted octanol–water partition coefficient (Wildman–Crippen LogP) is 6.77. The molecule has 0 aliphatic carbocycles. The van der Waals surface area contributed by atoms with Gasteiger partial charge in [0.05, 0.1) is 25.6 Å². The van der Waals surface area contributed by atoms with Crippen LogP contribution in [0.4, 0.5) is 5.69 Å². The first-order chi connectivity index (χ1) is 19.5. The molecule has 0 bridgehead atoms. The summed E-state index contributed by atoms with van der Waals surface area (Å²) in [5.41, 5.74) is 2.66. The number of carbonyl (C=O) groups is 1. The van der Waals surface area contributed by atoms with Gasteiger partial charge in [-0.15, -0.1) is 10.2 Å². The van der Waals surface area contributed by atoms with Crippen LogP contribution in [0.2, 0.25) is 5.02 Å². The third-order valence-electron chi connectivity index (χ3n) is 5.81. The lowest BCUT2D eigenvalue weighted by atomic mass is 10.1. The minimum absolute atomic E-state index is 0.148. The van der Waals surface area contributed by atoms with Crippen LogP contribution in [0.1, 0.15) is 26.3 Å². The van der Waals surface area contributed by atoms with Crippen LogP contribution >= 0.6 is 23.4 Å². The van der Waals surface area contributed by atoms with Crippen LogP contribution < -0.4 is 19.5 Å². The Bertz CT molecular complexity index is 1370. The van der Waals surface area contributed by atoms with Crippen molar-refractivity contribution in [2.24, 2.45) is 0 Å². The number of halogens is 1. The van der Waals surface area contributed by atoms with Gasteiger partial charge in [0.15, 0.2) is 22.5 Å². The molecule has 10 heteroatoms. The molecule has 1 amide bonds. The highest BCUT2D eigenvalue weighted by Crippen LogP contribution is 2.42. The van der Waals surface area contributed by atoms with Gasteiger partial charge in [0.25, 0.3) is 0 Å². The lowest BCUT2D eigenvalue weighted by molar-refractivity contribution is -0.113. The van der Waals surface area contributed by atoms with Gasteiger partial charge in [0.1, 0.15) is 0 Å². The fourth-order valence-corrected chi connectivity index (χ4v) is 4.96. The summed E-state index contributed by atoms with van der Waals surface area (Å²) in [7, 11) is 0. The second kappa shape index (κ2) is 14.6. The number of hydrogen-bond donors (Lipinski definition) is 1. The average Bonchev–Trinajstić information content (AvgIpc) is 3.37. The van der Waals surface area contributed by atoms with E-state index in [1.165, 1.54) is 17.3 Å². The number of thioether (sulfide) groups is 1. The quantitative estimate of drug-likeness (QED) is 0.165. The first-order valence-corrected chi connectivity index (χ1v) is 14.6. The highest BCUT2D eigenvalue weighted by molar-refractivity contribution is 7.99. The van der Waals surface area contributed by atoms with Gasteiger partial charge in [-0.2, -0.15) is 0 Å². The van der Waals surface area contributed by atoms with Crippen molar-refractivity contribution in [1.29, 1.82) is 0 Å². The Morgan fingerprint density at radius 2 is 1.55 bits per heavy atom. The van der Waals surface area contributed by atoms with Gasteiger partial charge in [-0.05, 0) is 69.2 Å². The molecule has 3 aromatic carbocycles. The lowest BCUT2D eigenvalue weighted by Gasteiger charge is -2.17. The molecular formula is C30H33ClN4O4S. The van der Waals surface area contributed by atoms with E-state index in [1.807, 2.05) is 55.7 Å². The van der Waals surface area contributed by atoms with E-state index in [4.69, 9.17) is 25.8 Å². The Labute approximate surface area is 244 Å². The van der Waals surface area contributed by atoms with Crippen molar-refractivity contribution in [3.63, 3.8) is 0 Å². The van der Waals surface area contributed by atoms with Crippen LogP contribution in [-0.2, 0) is 17.8 Å². The maximum absolute atomic E-state index is 12.7. The molecule has 0 spiro atoms. The summed E-state index contributed by atoms with van der Waals surface area (Å²) in [4.78, 5) is 12.7. The molecule has 0 fully saturated rings. The van der Waals surface area contributed by atoms with E-state index in [1.54, 1.807) is 24.3 Å². The van der Waals surface area contributed by atoms with Crippen LogP contribution in [0.5, 0.6) is 17.2 Å². The van der Waals surface area contributed by atoms with E-state index >= 15 is 0 Å². The number of nitrogens with zero attached hydrogens (tertiary/aromatic N) is 3. The fourth-order valence-electron chi connectivity index (χ4n) is 4.07. The highest BCUT2D eigenvalue weighted by Gasteiger charge is 2.21. The minimum atomic E-state index is -0.148. The summed E-state index contributed by atoms with van der Waals surface area (Å²) >= 11 is 7.29. The molecular weight excluding hydrogens is 548 g/mol. The van der Waals surface area contributed by atoms with E-state index in [0.717, 1.165) is 12.0 Å². The molecule has 0 radical (unpaired) electrons. The number of carbonyl (C=O) groups excluding carboxylic acids is 1. The zero-order valence-corrected chi connectivity index (χ0v) is 24.4. The first-order valence-electron chi connectivity index (χ1n) is 13.2. The monoisotopic (exact) mass is 580 g/mol. The van der Waals surface area contributed by atoms with Crippen molar-refractivity contribution >= 4 is 35.0 Å². The lowest BCUT2D eigenvalue weighted by Crippen LogP contribution is -2.15. The van der Waals surface area contributed by atoms with Crippen molar-refractivity contribution in [3.8, 4) is 28.6 Å². The van der Waals surface area contributed by atoms with Crippen molar-refractivity contribution in [2.45, 2.75) is 38.9 Å². The molecule has 4 aromatic rings. The average molecular weight is 581 g/mol. The Hall–Kier alpha value is -3.69. The Morgan fingerprint density at radius 1 is 0.900 bits per heavy atom. The molecule has 0 unspecified atom stereocenters. The second-order valence-electron chi connectivity index (χ2n) is 8.64. The number of benzene rings is 3. The Kier molecular flexibility index (Phi) is 10.7. The number of anilines is 1.